The van der Waals surface area contributed by atoms with Crippen molar-refractivity contribution in [2.75, 3.05) is 50.5 Å². The van der Waals surface area contributed by atoms with Crippen LogP contribution in [0, 0.1) is 5.82 Å². The number of halogens is 1. The van der Waals surface area contributed by atoms with Crippen LogP contribution >= 0.6 is 0 Å². The number of para-hydroxylation sites is 2. The standard InChI is InChI=1S/C20H24FN3O4S/c1-28-19-9-5-2-6-16(19)20(25)22-10-15-29(26,27)24-13-11-23(12-14-24)18-8-4-3-7-17(18)21/h2-9H,10-15H2,1H3,(H,22,25). The molecule has 2 aromatic rings. The van der Waals surface area contributed by atoms with Crippen LogP contribution in [0.25, 0.3) is 0 Å². The van der Waals surface area contributed by atoms with E-state index in [2.05, 4.69) is 5.32 Å². The van der Waals surface area contributed by atoms with Crippen molar-refractivity contribution in [3.63, 3.8) is 0 Å². The number of carbonyl (C=O) groups is 1. The summed E-state index contributed by atoms with van der Waals surface area (Å²) in [7, 11) is -2.06. The van der Waals surface area contributed by atoms with Crippen molar-refractivity contribution in [3.05, 3.63) is 59.9 Å². The minimum absolute atomic E-state index is 0.00720. The molecule has 1 heterocycles. The monoisotopic (exact) mass is 421 g/mol. The fourth-order valence-electron chi connectivity index (χ4n) is 3.27. The Bertz CT molecular complexity index is 960. The van der Waals surface area contributed by atoms with Gasteiger partial charge in [-0.15, -0.1) is 0 Å². The molecule has 0 bridgehead atoms. The highest BCUT2D eigenvalue weighted by atomic mass is 32.2. The molecule has 0 radical (unpaired) electrons. The molecule has 7 nitrogen and oxygen atoms in total. The minimum atomic E-state index is -3.53. The van der Waals surface area contributed by atoms with E-state index in [0.717, 1.165) is 0 Å². The van der Waals surface area contributed by atoms with E-state index in [1.807, 2.05) is 4.90 Å². The average Bonchev–Trinajstić information content (AvgIpc) is 2.74. The lowest BCUT2D eigenvalue weighted by Gasteiger charge is -2.35. The van der Waals surface area contributed by atoms with Crippen molar-refractivity contribution in [2.24, 2.45) is 0 Å². The van der Waals surface area contributed by atoms with Gasteiger partial charge in [0.25, 0.3) is 5.91 Å². The Hall–Kier alpha value is -2.65. The highest BCUT2D eigenvalue weighted by Gasteiger charge is 2.27. The number of carbonyl (C=O) groups excluding carboxylic acids is 1. The Morgan fingerprint density at radius 1 is 1.07 bits per heavy atom. The van der Waals surface area contributed by atoms with Crippen LogP contribution in [0.3, 0.4) is 0 Å². The molecule has 1 saturated heterocycles. The number of ether oxygens (including phenoxy) is 1. The molecule has 0 atom stereocenters. The summed E-state index contributed by atoms with van der Waals surface area (Å²) in [5.74, 6) is -0.477. The summed E-state index contributed by atoms with van der Waals surface area (Å²) in [4.78, 5) is 14.1. The lowest BCUT2D eigenvalue weighted by atomic mass is 10.2. The van der Waals surface area contributed by atoms with Gasteiger partial charge in [-0.25, -0.2) is 12.8 Å². The molecular weight excluding hydrogens is 397 g/mol. The first-order chi connectivity index (χ1) is 13.9. The molecule has 156 valence electrons. The van der Waals surface area contributed by atoms with Gasteiger partial charge in [0.1, 0.15) is 11.6 Å². The van der Waals surface area contributed by atoms with Gasteiger partial charge in [-0.3, -0.25) is 4.79 Å². The number of methoxy groups -OCH3 is 1. The summed E-state index contributed by atoms with van der Waals surface area (Å²) in [6, 6.07) is 13.2. The van der Waals surface area contributed by atoms with Crippen LogP contribution in [0.5, 0.6) is 5.75 Å². The lowest BCUT2D eigenvalue weighted by molar-refractivity contribution is 0.0953. The number of benzene rings is 2. The average molecular weight is 421 g/mol. The Kier molecular flexibility index (Phi) is 6.71. The van der Waals surface area contributed by atoms with E-state index in [1.54, 1.807) is 42.5 Å². The molecule has 0 aliphatic carbocycles. The molecule has 1 fully saturated rings. The lowest BCUT2D eigenvalue weighted by Crippen LogP contribution is -2.50. The zero-order valence-corrected chi connectivity index (χ0v) is 17.0. The van der Waals surface area contributed by atoms with Gasteiger partial charge in [-0.1, -0.05) is 24.3 Å². The van der Waals surface area contributed by atoms with Crippen LogP contribution in [0.4, 0.5) is 10.1 Å². The number of nitrogens with one attached hydrogen (secondary N) is 1. The number of amides is 1. The maximum Gasteiger partial charge on any atom is 0.255 e. The summed E-state index contributed by atoms with van der Waals surface area (Å²) in [5.41, 5.74) is 0.833. The van der Waals surface area contributed by atoms with Crippen molar-refractivity contribution < 1.29 is 22.3 Å². The van der Waals surface area contributed by atoms with Gasteiger partial charge in [0, 0.05) is 32.7 Å². The minimum Gasteiger partial charge on any atom is -0.496 e. The predicted octanol–water partition coefficient (Wildman–Crippen LogP) is 1.72. The van der Waals surface area contributed by atoms with Crippen molar-refractivity contribution in [2.45, 2.75) is 0 Å². The molecular formula is C20H24FN3O4S. The van der Waals surface area contributed by atoms with E-state index < -0.39 is 10.0 Å². The predicted molar refractivity (Wildman–Crippen MR) is 109 cm³/mol. The zero-order chi connectivity index (χ0) is 20.9. The summed E-state index contributed by atoms with van der Waals surface area (Å²) in [6.07, 6.45) is 0. The Morgan fingerprint density at radius 3 is 2.41 bits per heavy atom. The number of anilines is 1. The van der Waals surface area contributed by atoms with Crippen LogP contribution in [-0.4, -0.2) is 64.2 Å². The van der Waals surface area contributed by atoms with Crippen molar-refractivity contribution >= 4 is 21.6 Å². The molecule has 29 heavy (non-hydrogen) atoms. The van der Waals surface area contributed by atoms with Gasteiger partial charge in [-0.05, 0) is 24.3 Å². The third-order valence-corrected chi connectivity index (χ3v) is 6.69. The smallest absolute Gasteiger partial charge is 0.255 e. The summed E-state index contributed by atoms with van der Waals surface area (Å²) < 4.78 is 45.6. The maximum absolute atomic E-state index is 13.9. The van der Waals surface area contributed by atoms with E-state index in [0.29, 0.717) is 30.1 Å². The highest BCUT2D eigenvalue weighted by molar-refractivity contribution is 7.89. The van der Waals surface area contributed by atoms with E-state index in [1.165, 1.54) is 17.5 Å². The van der Waals surface area contributed by atoms with Gasteiger partial charge >= 0.3 is 0 Å². The van der Waals surface area contributed by atoms with Gasteiger partial charge in [-0.2, -0.15) is 4.31 Å². The van der Waals surface area contributed by atoms with Crippen LogP contribution in [-0.2, 0) is 10.0 Å². The fourth-order valence-corrected chi connectivity index (χ4v) is 4.60. The van der Waals surface area contributed by atoms with Gasteiger partial charge in [0.2, 0.25) is 10.0 Å². The molecule has 1 aliphatic rings. The van der Waals surface area contributed by atoms with Gasteiger partial charge < -0.3 is 15.0 Å². The summed E-state index contributed by atoms with van der Waals surface area (Å²) in [6.45, 7) is 1.36. The topological polar surface area (TPSA) is 78.9 Å². The van der Waals surface area contributed by atoms with Crippen LogP contribution in [0.2, 0.25) is 0 Å². The molecule has 1 amide bonds. The fraction of sp³-hybridized carbons (Fsp3) is 0.350. The molecule has 0 aromatic heterocycles. The van der Waals surface area contributed by atoms with Crippen molar-refractivity contribution in [1.82, 2.24) is 9.62 Å². The van der Waals surface area contributed by atoms with E-state index >= 15 is 0 Å². The SMILES string of the molecule is COc1ccccc1C(=O)NCCS(=O)(=O)N1CCN(c2ccccc2F)CC1. The van der Waals surface area contributed by atoms with Crippen molar-refractivity contribution in [3.8, 4) is 5.75 Å². The second-order valence-electron chi connectivity index (χ2n) is 6.61. The van der Waals surface area contributed by atoms with Gasteiger partial charge in [0.15, 0.2) is 0 Å². The maximum atomic E-state index is 13.9. The summed E-state index contributed by atoms with van der Waals surface area (Å²) >= 11 is 0. The van der Waals surface area contributed by atoms with Crippen LogP contribution in [0.15, 0.2) is 48.5 Å². The third-order valence-electron chi connectivity index (χ3n) is 4.82. The largest absolute Gasteiger partial charge is 0.496 e. The normalized spacial score (nSPS) is 15.2. The van der Waals surface area contributed by atoms with E-state index in [9.17, 15) is 17.6 Å². The molecule has 9 heteroatoms. The Morgan fingerprint density at radius 2 is 1.72 bits per heavy atom. The molecule has 0 spiro atoms. The molecule has 3 rings (SSSR count). The van der Waals surface area contributed by atoms with E-state index in [4.69, 9.17) is 4.74 Å². The third kappa shape index (κ3) is 5.04. The number of rotatable bonds is 7. The number of sulfonamides is 1. The molecule has 2 aromatic carbocycles. The second-order valence-corrected chi connectivity index (χ2v) is 8.70. The molecule has 1 N–H and O–H groups in total. The quantitative estimate of drug-likeness (QED) is 0.737. The zero-order valence-electron chi connectivity index (χ0n) is 16.2. The number of hydrogen-bond acceptors (Lipinski definition) is 5. The van der Waals surface area contributed by atoms with Crippen LogP contribution < -0.4 is 15.0 Å². The number of piperazine rings is 1. The Labute approximate surface area is 170 Å². The highest BCUT2D eigenvalue weighted by Crippen LogP contribution is 2.21. The first-order valence-corrected chi connectivity index (χ1v) is 10.9. The number of nitrogens with zero attached hydrogens (tertiary/aromatic N) is 2. The molecule has 0 unspecified atom stereocenters. The Balaban J connectivity index is 1.52. The first-order valence-electron chi connectivity index (χ1n) is 9.31. The molecule has 1 aliphatic heterocycles. The first kappa shape index (κ1) is 21.1. The summed E-state index contributed by atoms with van der Waals surface area (Å²) in [5, 5.41) is 2.63. The van der Waals surface area contributed by atoms with Crippen molar-refractivity contribution in [1.29, 1.82) is 0 Å². The van der Waals surface area contributed by atoms with Gasteiger partial charge in [0.05, 0.1) is 24.1 Å². The van der Waals surface area contributed by atoms with Crippen LogP contribution in [0.1, 0.15) is 10.4 Å². The molecule has 0 saturated carbocycles. The number of hydrogen-bond donors (Lipinski definition) is 1. The second kappa shape index (κ2) is 9.23. The van der Waals surface area contributed by atoms with E-state index in [-0.39, 0.29) is 37.1 Å².